The molecule has 0 atom stereocenters. The van der Waals surface area contributed by atoms with Crippen LogP contribution in [0.1, 0.15) is 42.3 Å². The number of ether oxygens (including phenoxy) is 1. The van der Waals surface area contributed by atoms with E-state index in [0.717, 1.165) is 11.1 Å². The molecular formula is C20H24N2O4. The summed E-state index contributed by atoms with van der Waals surface area (Å²) in [4.78, 5) is 23.8. The number of nitrogens with one attached hydrogen (secondary N) is 2. The number of benzene rings is 2. The highest BCUT2D eigenvalue weighted by molar-refractivity contribution is 5.94. The number of hydrogen-bond acceptors (Lipinski definition) is 4. The molecule has 0 unspecified atom stereocenters. The zero-order valence-electron chi connectivity index (χ0n) is 15.2. The van der Waals surface area contributed by atoms with E-state index in [9.17, 15) is 14.7 Å². The molecule has 0 bridgehead atoms. The van der Waals surface area contributed by atoms with Crippen molar-refractivity contribution in [3.63, 3.8) is 0 Å². The van der Waals surface area contributed by atoms with Gasteiger partial charge in [0.15, 0.2) is 0 Å². The van der Waals surface area contributed by atoms with Crippen molar-refractivity contribution in [1.82, 2.24) is 10.6 Å². The van der Waals surface area contributed by atoms with Crippen molar-refractivity contribution >= 4 is 12.0 Å². The second-order valence-electron chi connectivity index (χ2n) is 6.90. The van der Waals surface area contributed by atoms with Crippen molar-refractivity contribution in [3.8, 4) is 5.75 Å². The second-order valence-corrected chi connectivity index (χ2v) is 6.90. The summed E-state index contributed by atoms with van der Waals surface area (Å²) in [5, 5.41) is 14.8. The van der Waals surface area contributed by atoms with Crippen molar-refractivity contribution in [1.29, 1.82) is 0 Å². The molecule has 26 heavy (non-hydrogen) atoms. The van der Waals surface area contributed by atoms with Crippen LogP contribution in [0, 0.1) is 0 Å². The van der Waals surface area contributed by atoms with E-state index in [1.165, 1.54) is 12.1 Å². The predicted molar refractivity (Wildman–Crippen MR) is 98.8 cm³/mol. The molecule has 2 rings (SSSR count). The Kier molecular flexibility index (Phi) is 6.22. The van der Waals surface area contributed by atoms with Crippen LogP contribution >= 0.6 is 0 Å². The van der Waals surface area contributed by atoms with Gasteiger partial charge >= 0.3 is 6.09 Å². The van der Waals surface area contributed by atoms with Crippen LogP contribution in [-0.4, -0.2) is 22.7 Å². The van der Waals surface area contributed by atoms with Crippen LogP contribution in [0.25, 0.3) is 0 Å². The number of alkyl carbamates (subject to hydrolysis) is 1. The summed E-state index contributed by atoms with van der Waals surface area (Å²) in [7, 11) is 0. The van der Waals surface area contributed by atoms with Gasteiger partial charge in [0.1, 0.15) is 11.4 Å². The third kappa shape index (κ3) is 6.47. The van der Waals surface area contributed by atoms with Gasteiger partial charge in [-0.15, -0.1) is 0 Å². The second kappa shape index (κ2) is 8.38. The molecule has 2 amide bonds. The van der Waals surface area contributed by atoms with E-state index in [-0.39, 0.29) is 11.7 Å². The molecule has 6 nitrogen and oxygen atoms in total. The molecule has 6 heteroatoms. The van der Waals surface area contributed by atoms with Gasteiger partial charge in [-0.25, -0.2) is 4.79 Å². The molecule has 0 aromatic heterocycles. The molecule has 0 aliphatic carbocycles. The Morgan fingerprint density at radius 2 is 1.54 bits per heavy atom. The number of carbonyl (C=O) groups excluding carboxylic acids is 2. The summed E-state index contributed by atoms with van der Waals surface area (Å²) in [5.41, 5.74) is 1.77. The quantitative estimate of drug-likeness (QED) is 0.767. The summed E-state index contributed by atoms with van der Waals surface area (Å²) < 4.78 is 5.20. The maximum Gasteiger partial charge on any atom is 0.407 e. The van der Waals surface area contributed by atoms with Crippen LogP contribution in [0.5, 0.6) is 5.75 Å². The zero-order chi connectivity index (χ0) is 19.2. The van der Waals surface area contributed by atoms with Crippen LogP contribution in [-0.2, 0) is 17.8 Å². The lowest BCUT2D eigenvalue weighted by atomic mass is 10.1. The van der Waals surface area contributed by atoms with Gasteiger partial charge in [0.2, 0.25) is 0 Å². The zero-order valence-corrected chi connectivity index (χ0v) is 15.2. The number of phenolic OH excluding ortho intramolecular Hbond substituents is 1. The first kappa shape index (κ1) is 19.3. The lowest BCUT2D eigenvalue weighted by Crippen LogP contribution is -2.32. The fraction of sp³-hybridized carbons (Fsp3) is 0.300. The minimum Gasteiger partial charge on any atom is -0.508 e. The largest absolute Gasteiger partial charge is 0.508 e. The van der Waals surface area contributed by atoms with Gasteiger partial charge < -0.3 is 20.5 Å². The summed E-state index contributed by atoms with van der Waals surface area (Å²) in [6.07, 6.45) is -0.469. The Balaban J connectivity index is 1.87. The number of amides is 2. The SMILES string of the molecule is CC(C)(C)OC(=O)NCc1cccc(CNC(=O)c2ccc(O)cc2)c1. The average Bonchev–Trinajstić information content (AvgIpc) is 2.57. The molecule has 0 aliphatic rings. The third-order valence-corrected chi connectivity index (χ3v) is 3.41. The van der Waals surface area contributed by atoms with E-state index in [1.807, 2.05) is 45.0 Å². The summed E-state index contributed by atoms with van der Waals surface area (Å²) in [6.45, 7) is 6.13. The van der Waals surface area contributed by atoms with Crippen LogP contribution in [0.2, 0.25) is 0 Å². The number of rotatable bonds is 5. The first-order chi connectivity index (χ1) is 12.2. The molecule has 3 N–H and O–H groups in total. The first-order valence-corrected chi connectivity index (χ1v) is 8.35. The molecule has 0 spiro atoms. The van der Waals surface area contributed by atoms with Crippen LogP contribution in [0.3, 0.4) is 0 Å². The fourth-order valence-electron chi connectivity index (χ4n) is 2.24. The Morgan fingerprint density at radius 1 is 0.962 bits per heavy atom. The monoisotopic (exact) mass is 356 g/mol. The van der Waals surface area contributed by atoms with Gasteiger partial charge in [-0.05, 0) is 56.2 Å². The predicted octanol–water partition coefficient (Wildman–Crippen LogP) is 3.35. The summed E-state index contributed by atoms with van der Waals surface area (Å²) >= 11 is 0. The van der Waals surface area contributed by atoms with Gasteiger partial charge in [0.25, 0.3) is 5.91 Å². The van der Waals surface area contributed by atoms with Crippen molar-refractivity contribution < 1.29 is 19.4 Å². The van der Waals surface area contributed by atoms with Gasteiger partial charge in [-0.1, -0.05) is 24.3 Å². The number of aromatic hydroxyl groups is 1. The van der Waals surface area contributed by atoms with E-state index in [1.54, 1.807) is 12.1 Å². The summed E-state index contributed by atoms with van der Waals surface area (Å²) in [5.74, 6) is -0.103. The third-order valence-electron chi connectivity index (χ3n) is 3.41. The fourth-order valence-corrected chi connectivity index (χ4v) is 2.24. The van der Waals surface area contributed by atoms with E-state index < -0.39 is 11.7 Å². The molecule has 2 aromatic carbocycles. The number of phenols is 1. The van der Waals surface area contributed by atoms with Crippen LogP contribution in [0.4, 0.5) is 4.79 Å². The molecule has 0 fully saturated rings. The molecule has 0 aliphatic heterocycles. The topological polar surface area (TPSA) is 87.7 Å². The van der Waals surface area contributed by atoms with E-state index in [2.05, 4.69) is 10.6 Å². The van der Waals surface area contributed by atoms with Crippen molar-refractivity contribution in [3.05, 3.63) is 65.2 Å². The lowest BCUT2D eigenvalue weighted by Gasteiger charge is -2.19. The molecule has 0 saturated carbocycles. The maximum absolute atomic E-state index is 12.1. The number of carbonyl (C=O) groups is 2. The minimum absolute atomic E-state index is 0.117. The van der Waals surface area contributed by atoms with Gasteiger partial charge in [-0.2, -0.15) is 0 Å². The Morgan fingerprint density at radius 3 is 2.12 bits per heavy atom. The molecule has 2 aromatic rings. The van der Waals surface area contributed by atoms with Crippen LogP contribution < -0.4 is 10.6 Å². The normalized spacial score (nSPS) is 10.9. The van der Waals surface area contributed by atoms with Crippen molar-refractivity contribution in [2.45, 2.75) is 39.5 Å². The highest BCUT2D eigenvalue weighted by Crippen LogP contribution is 2.11. The molecule has 138 valence electrons. The highest BCUT2D eigenvalue weighted by Gasteiger charge is 2.15. The van der Waals surface area contributed by atoms with Gasteiger partial charge in [0.05, 0.1) is 0 Å². The first-order valence-electron chi connectivity index (χ1n) is 8.35. The van der Waals surface area contributed by atoms with E-state index >= 15 is 0 Å². The van der Waals surface area contributed by atoms with E-state index in [0.29, 0.717) is 18.7 Å². The smallest absolute Gasteiger partial charge is 0.407 e. The Labute approximate surface area is 153 Å². The van der Waals surface area contributed by atoms with E-state index in [4.69, 9.17) is 4.74 Å². The molecule has 0 saturated heterocycles. The standard InChI is InChI=1S/C20H24N2O4/c1-20(2,3)26-19(25)22-13-15-6-4-5-14(11-15)12-21-18(24)16-7-9-17(23)10-8-16/h4-11,23H,12-13H2,1-3H3,(H,21,24)(H,22,25). The highest BCUT2D eigenvalue weighted by atomic mass is 16.6. The summed E-state index contributed by atoms with van der Waals surface area (Å²) in [6, 6.07) is 13.6. The number of hydrogen-bond donors (Lipinski definition) is 3. The molecule has 0 radical (unpaired) electrons. The lowest BCUT2D eigenvalue weighted by molar-refractivity contribution is 0.0523. The van der Waals surface area contributed by atoms with Gasteiger partial charge in [0, 0.05) is 18.7 Å². The minimum atomic E-state index is -0.537. The average molecular weight is 356 g/mol. The van der Waals surface area contributed by atoms with Crippen molar-refractivity contribution in [2.24, 2.45) is 0 Å². The molecule has 0 heterocycles. The van der Waals surface area contributed by atoms with Crippen molar-refractivity contribution in [2.75, 3.05) is 0 Å². The maximum atomic E-state index is 12.1. The molecular weight excluding hydrogens is 332 g/mol. The Bertz CT molecular complexity index is 764. The Hall–Kier alpha value is -3.02. The van der Waals surface area contributed by atoms with Gasteiger partial charge in [-0.3, -0.25) is 4.79 Å². The van der Waals surface area contributed by atoms with Crippen LogP contribution in [0.15, 0.2) is 48.5 Å².